The van der Waals surface area contributed by atoms with Crippen molar-refractivity contribution in [3.63, 3.8) is 0 Å². The second kappa shape index (κ2) is 5.93. The number of hydrogen-bond acceptors (Lipinski definition) is 1. The van der Waals surface area contributed by atoms with Gasteiger partial charge in [0.05, 0.1) is 10.6 Å². The van der Waals surface area contributed by atoms with Gasteiger partial charge in [-0.3, -0.25) is 0 Å². The molecule has 106 valence electrons. The molecule has 1 unspecified atom stereocenters. The van der Waals surface area contributed by atoms with Gasteiger partial charge in [-0.25, -0.2) is 17.6 Å². The highest BCUT2D eigenvalue weighted by atomic mass is 79.9. The Kier molecular flexibility index (Phi) is 4.45. The predicted molar refractivity (Wildman–Crippen MR) is 69.1 cm³/mol. The van der Waals surface area contributed by atoms with Crippen molar-refractivity contribution in [1.82, 2.24) is 0 Å². The van der Waals surface area contributed by atoms with E-state index in [1.165, 1.54) is 6.07 Å². The lowest BCUT2D eigenvalue weighted by Gasteiger charge is -2.13. The van der Waals surface area contributed by atoms with E-state index < -0.39 is 35.8 Å². The maximum atomic E-state index is 13.8. The molecule has 0 amide bonds. The second-order valence-electron chi connectivity index (χ2n) is 4.24. The Morgan fingerprint density at radius 2 is 1.60 bits per heavy atom. The summed E-state index contributed by atoms with van der Waals surface area (Å²) < 4.78 is 53.4. The molecule has 6 heteroatoms. The Hall–Kier alpha value is -1.40. The van der Waals surface area contributed by atoms with Crippen molar-refractivity contribution in [1.29, 1.82) is 0 Å². The summed E-state index contributed by atoms with van der Waals surface area (Å²) in [5, 5.41) is 9.88. The van der Waals surface area contributed by atoms with Gasteiger partial charge in [0.2, 0.25) is 0 Å². The molecule has 0 fully saturated rings. The summed E-state index contributed by atoms with van der Waals surface area (Å²) in [6, 6.07) is 4.73. The smallest absolute Gasteiger partial charge is 0.143 e. The molecular weight excluding hydrogens is 340 g/mol. The normalized spacial score (nSPS) is 12.5. The fraction of sp³-hybridized carbons (Fsp3) is 0.143. The van der Waals surface area contributed by atoms with E-state index in [0.29, 0.717) is 6.07 Å². The molecule has 0 saturated heterocycles. The third-order valence-corrected chi connectivity index (χ3v) is 3.42. The zero-order valence-electron chi connectivity index (χ0n) is 10.0. The second-order valence-corrected chi connectivity index (χ2v) is 5.10. The molecule has 0 heterocycles. The average molecular weight is 349 g/mol. The van der Waals surface area contributed by atoms with Gasteiger partial charge in [-0.05, 0) is 45.8 Å². The van der Waals surface area contributed by atoms with Crippen LogP contribution in [0, 0.1) is 23.3 Å². The molecule has 0 aliphatic carbocycles. The molecular formula is C14H9BrF4O. The summed E-state index contributed by atoms with van der Waals surface area (Å²) in [4.78, 5) is 0. The van der Waals surface area contributed by atoms with Gasteiger partial charge in [0.1, 0.15) is 23.3 Å². The first kappa shape index (κ1) is 15.0. The minimum absolute atomic E-state index is 0.0477. The van der Waals surface area contributed by atoms with Crippen LogP contribution < -0.4 is 0 Å². The first-order valence-corrected chi connectivity index (χ1v) is 6.44. The predicted octanol–water partition coefficient (Wildman–Crippen LogP) is 4.28. The van der Waals surface area contributed by atoms with Crippen LogP contribution in [0.4, 0.5) is 17.6 Å². The van der Waals surface area contributed by atoms with Crippen molar-refractivity contribution < 1.29 is 22.7 Å². The molecule has 2 aromatic carbocycles. The number of hydrogen-bond donors (Lipinski definition) is 1. The zero-order valence-corrected chi connectivity index (χ0v) is 11.6. The van der Waals surface area contributed by atoms with E-state index in [4.69, 9.17) is 0 Å². The maximum Gasteiger partial charge on any atom is 0.143 e. The molecule has 1 atom stereocenters. The summed E-state index contributed by atoms with van der Waals surface area (Å²) in [5.41, 5.74) is -0.433. The van der Waals surface area contributed by atoms with Gasteiger partial charge in [-0.2, -0.15) is 0 Å². The van der Waals surface area contributed by atoms with Gasteiger partial charge < -0.3 is 5.11 Å². The molecule has 0 aromatic heterocycles. The highest BCUT2D eigenvalue weighted by molar-refractivity contribution is 9.10. The Labute approximate surface area is 121 Å². The molecule has 20 heavy (non-hydrogen) atoms. The first-order chi connectivity index (χ1) is 9.38. The molecule has 0 aliphatic rings. The number of halogens is 5. The maximum absolute atomic E-state index is 13.8. The molecule has 0 bridgehead atoms. The summed E-state index contributed by atoms with van der Waals surface area (Å²) in [6.45, 7) is 0. The SMILES string of the molecule is OC(Cc1c(F)ccc(Br)c1F)c1cc(F)cc(F)c1. The number of rotatable bonds is 3. The van der Waals surface area contributed by atoms with Gasteiger partial charge in [0.15, 0.2) is 0 Å². The lowest BCUT2D eigenvalue weighted by Crippen LogP contribution is -2.07. The Morgan fingerprint density at radius 3 is 2.20 bits per heavy atom. The average Bonchev–Trinajstić information content (AvgIpc) is 2.38. The Morgan fingerprint density at radius 1 is 1.00 bits per heavy atom. The summed E-state index contributed by atoms with van der Waals surface area (Å²) in [5.74, 6) is -3.41. The minimum Gasteiger partial charge on any atom is -0.388 e. The van der Waals surface area contributed by atoms with E-state index in [1.54, 1.807) is 0 Å². The molecule has 0 spiro atoms. The third kappa shape index (κ3) is 3.19. The third-order valence-electron chi connectivity index (χ3n) is 2.81. The van der Waals surface area contributed by atoms with E-state index in [2.05, 4.69) is 15.9 Å². The zero-order chi connectivity index (χ0) is 14.9. The highest BCUT2D eigenvalue weighted by Crippen LogP contribution is 2.27. The largest absolute Gasteiger partial charge is 0.388 e. The molecule has 2 rings (SSSR count). The van der Waals surface area contributed by atoms with Crippen LogP contribution in [-0.2, 0) is 6.42 Å². The molecule has 1 N–H and O–H groups in total. The van der Waals surface area contributed by atoms with Crippen LogP contribution in [-0.4, -0.2) is 5.11 Å². The van der Waals surface area contributed by atoms with E-state index in [1.807, 2.05) is 0 Å². The van der Waals surface area contributed by atoms with Gasteiger partial charge in [0, 0.05) is 18.1 Å². The Bertz CT molecular complexity index is 625. The van der Waals surface area contributed by atoms with Gasteiger partial charge in [-0.15, -0.1) is 0 Å². The van der Waals surface area contributed by atoms with Crippen LogP contribution >= 0.6 is 15.9 Å². The van der Waals surface area contributed by atoms with Gasteiger partial charge in [-0.1, -0.05) is 0 Å². The molecule has 1 nitrogen and oxygen atoms in total. The summed E-state index contributed by atoms with van der Waals surface area (Å²) >= 11 is 2.91. The minimum atomic E-state index is -1.42. The van der Waals surface area contributed by atoms with Crippen molar-refractivity contribution in [3.8, 4) is 0 Å². The van der Waals surface area contributed by atoms with Crippen LogP contribution in [0.1, 0.15) is 17.2 Å². The van der Waals surface area contributed by atoms with Crippen LogP contribution in [0.2, 0.25) is 0 Å². The monoisotopic (exact) mass is 348 g/mol. The van der Waals surface area contributed by atoms with Gasteiger partial charge >= 0.3 is 0 Å². The molecule has 0 saturated carbocycles. The number of aliphatic hydroxyl groups excluding tert-OH is 1. The topological polar surface area (TPSA) is 20.2 Å². The molecule has 0 aliphatic heterocycles. The van der Waals surface area contributed by atoms with Crippen LogP contribution in [0.15, 0.2) is 34.8 Å². The molecule has 2 aromatic rings. The fourth-order valence-electron chi connectivity index (χ4n) is 1.83. The van der Waals surface area contributed by atoms with Crippen molar-refractivity contribution in [2.45, 2.75) is 12.5 Å². The van der Waals surface area contributed by atoms with E-state index in [-0.39, 0.29) is 15.6 Å². The van der Waals surface area contributed by atoms with Crippen LogP contribution in [0.5, 0.6) is 0 Å². The van der Waals surface area contributed by atoms with E-state index in [0.717, 1.165) is 18.2 Å². The van der Waals surface area contributed by atoms with Crippen LogP contribution in [0.3, 0.4) is 0 Å². The van der Waals surface area contributed by atoms with Crippen molar-refractivity contribution >= 4 is 15.9 Å². The lowest BCUT2D eigenvalue weighted by atomic mass is 10.0. The van der Waals surface area contributed by atoms with Crippen molar-refractivity contribution in [2.24, 2.45) is 0 Å². The summed E-state index contributed by atoms with van der Waals surface area (Å²) in [6.07, 6.45) is -1.85. The highest BCUT2D eigenvalue weighted by Gasteiger charge is 2.18. The van der Waals surface area contributed by atoms with E-state index in [9.17, 15) is 22.7 Å². The van der Waals surface area contributed by atoms with Crippen molar-refractivity contribution in [2.75, 3.05) is 0 Å². The summed E-state index contributed by atoms with van der Waals surface area (Å²) in [7, 11) is 0. The fourth-order valence-corrected chi connectivity index (χ4v) is 2.21. The van der Waals surface area contributed by atoms with Crippen LogP contribution in [0.25, 0.3) is 0 Å². The lowest BCUT2D eigenvalue weighted by molar-refractivity contribution is 0.174. The standard InChI is InChI=1S/C14H9BrF4O/c15-11-1-2-12(18)10(14(11)19)6-13(20)7-3-8(16)5-9(17)4-7/h1-5,13,20H,6H2. The number of benzene rings is 2. The quantitative estimate of drug-likeness (QED) is 0.648. The van der Waals surface area contributed by atoms with E-state index >= 15 is 0 Å². The first-order valence-electron chi connectivity index (χ1n) is 5.65. The van der Waals surface area contributed by atoms with Gasteiger partial charge in [0.25, 0.3) is 0 Å². The van der Waals surface area contributed by atoms with Crippen molar-refractivity contribution in [3.05, 3.63) is 69.2 Å². The number of aliphatic hydroxyl groups is 1. The molecule has 0 radical (unpaired) electrons. The Balaban J connectivity index is 2.32.